The Kier molecular flexibility index (Phi) is 11.3. The van der Waals surface area contributed by atoms with E-state index in [9.17, 15) is 33.9 Å². The molecule has 0 amide bonds. The SMILES string of the molecule is CC(=O)OCC12CCC(OC3OC(C)C(OC(C)=O)C(OC(C)=O)C3OC(C)=O)CC1C(OC(C)=O)CC1C2CCC2(C)C(C3=CC(=O)OC3)CCC12O. The summed E-state index contributed by atoms with van der Waals surface area (Å²) >= 11 is 0. The van der Waals surface area contributed by atoms with Gasteiger partial charge in [-0.05, 0) is 81.6 Å². The minimum atomic E-state index is -1.28. The average Bonchev–Trinajstić information content (AvgIpc) is 3.62. The molecule has 0 aromatic heterocycles. The van der Waals surface area contributed by atoms with Gasteiger partial charge in [0, 0.05) is 57.4 Å². The van der Waals surface area contributed by atoms with Gasteiger partial charge < -0.3 is 43.0 Å². The second-order valence-electron chi connectivity index (χ2n) is 16.5. The molecular formula is C39H54O15. The Balaban J connectivity index is 1.32. The predicted molar refractivity (Wildman–Crippen MR) is 183 cm³/mol. The Morgan fingerprint density at radius 1 is 0.778 bits per heavy atom. The summed E-state index contributed by atoms with van der Waals surface area (Å²) in [6, 6.07) is 0. The molecule has 2 heterocycles. The van der Waals surface area contributed by atoms with Crippen LogP contribution in [0.2, 0.25) is 0 Å². The first-order valence-electron chi connectivity index (χ1n) is 19.1. The number of aliphatic hydroxyl groups is 1. The smallest absolute Gasteiger partial charge is 0.331 e. The van der Waals surface area contributed by atoms with E-state index in [2.05, 4.69) is 6.92 Å². The quantitative estimate of drug-likeness (QED) is 0.204. The van der Waals surface area contributed by atoms with Gasteiger partial charge >= 0.3 is 35.8 Å². The highest BCUT2D eigenvalue weighted by Gasteiger charge is 2.71. The molecule has 15 nitrogen and oxygen atoms in total. The van der Waals surface area contributed by atoms with E-state index in [4.69, 9.17) is 37.9 Å². The molecule has 4 saturated carbocycles. The molecule has 6 rings (SSSR count). The van der Waals surface area contributed by atoms with Crippen molar-refractivity contribution in [3.8, 4) is 0 Å². The Labute approximate surface area is 315 Å². The van der Waals surface area contributed by atoms with E-state index in [0.717, 1.165) is 12.0 Å². The van der Waals surface area contributed by atoms with Crippen molar-refractivity contribution in [3.63, 3.8) is 0 Å². The third-order valence-corrected chi connectivity index (χ3v) is 13.5. The molecule has 1 saturated heterocycles. The number of carbonyl (C=O) groups excluding carboxylic acids is 6. The molecule has 6 aliphatic rings. The fourth-order valence-corrected chi connectivity index (χ4v) is 11.4. The zero-order valence-electron chi connectivity index (χ0n) is 32.2. The van der Waals surface area contributed by atoms with Crippen molar-refractivity contribution in [3.05, 3.63) is 11.6 Å². The summed E-state index contributed by atoms with van der Waals surface area (Å²) < 4.78 is 46.7. The van der Waals surface area contributed by atoms with Crippen LogP contribution in [0.25, 0.3) is 0 Å². The summed E-state index contributed by atoms with van der Waals surface area (Å²) in [5.74, 6) is -4.12. The highest BCUT2D eigenvalue weighted by atomic mass is 16.7. The first-order chi connectivity index (χ1) is 25.4. The van der Waals surface area contributed by atoms with Gasteiger partial charge in [-0.2, -0.15) is 0 Å². The molecule has 0 aromatic carbocycles. The topological polar surface area (TPSA) is 196 Å². The van der Waals surface area contributed by atoms with Crippen LogP contribution in [0, 0.1) is 34.5 Å². The number of hydrogen-bond acceptors (Lipinski definition) is 15. The van der Waals surface area contributed by atoms with Crippen LogP contribution in [0.4, 0.5) is 0 Å². The maximum Gasteiger partial charge on any atom is 0.331 e. The largest absolute Gasteiger partial charge is 0.465 e. The summed E-state index contributed by atoms with van der Waals surface area (Å²) in [6.07, 6.45) is -1.03. The molecule has 0 radical (unpaired) electrons. The predicted octanol–water partition coefficient (Wildman–Crippen LogP) is 3.25. The van der Waals surface area contributed by atoms with E-state index in [1.54, 1.807) is 13.0 Å². The van der Waals surface area contributed by atoms with Crippen LogP contribution in [0.5, 0.6) is 0 Å². The lowest BCUT2D eigenvalue weighted by molar-refractivity contribution is -0.318. The molecule has 15 heteroatoms. The van der Waals surface area contributed by atoms with Gasteiger partial charge in [0.25, 0.3) is 0 Å². The summed E-state index contributed by atoms with van der Waals surface area (Å²) in [5.41, 5.74) is -1.50. The number of esters is 6. The lowest BCUT2D eigenvalue weighted by Crippen LogP contribution is -2.67. The highest BCUT2D eigenvalue weighted by molar-refractivity contribution is 5.85. The fraction of sp³-hybridized carbons (Fsp3) is 0.795. The summed E-state index contributed by atoms with van der Waals surface area (Å²) in [6.45, 7) is 10.3. The van der Waals surface area contributed by atoms with Crippen molar-refractivity contribution < 1.29 is 71.8 Å². The first kappa shape index (κ1) is 40.1. The van der Waals surface area contributed by atoms with Crippen molar-refractivity contribution in [1.29, 1.82) is 0 Å². The molecular weight excluding hydrogens is 708 g/mol. The van der Waals surface area contributed by atoms with Gasteiger partial charge in [0.15, 0.2) is 24.6 Å². The van der Waals surface area contributed by atoms with Crippen molar-refractivity contribution >= 4 is 35.8 Å². The third kappa shape index (κ3) is 7.27. The molecule has 0 bridgehead atoms. The van der Waals surface area contributed by atoms with E-state index in [1.807, 2.05) is 0 Å². The standard InChI is InChI=1S/C39H54O15/c1-19-33(51-22(4)42)34(52-23(5)43)35(53-24(6)44)36(49-19)54-26-8-12-38(18-48-20(2)40)28-9-11-37(7)27(25-14-32(45)47-17-25)10-13-39(37,46)29(28)16-31(30(38)15-26)50-21(3)41/h14,19,26-31,33-36,46H,8-13,15-18H2,1-7H3. The van der Waals surface area contributed by atoms with Crippen LogP contribution in [0.3, 0.4) is 0 Å². The third-order valence-electron chi connectivity index (χ3n) is 13.5. The van der Waals surface area contributed by atoms with Gasteiger partial charge in [-0.1, -0.05) is 6.92 Å². The van der Waals surface area contributed by atoms with Gasteiger partial charge in [0.05, 0.1) is 24.4 Å². The second kappa shape index (κ2) is 15.2. The molecule has 0 spiro atoms. The molecule has 0 aromatic rings. The lowest BCUT2D eigenvalue weighted by atomic mass is 9.42. The van der Waals surface area contributed by atoms with Crippen LogP contribution in [0.1, 0.15) is 99.8 Å². The Morgan fingerprint density at radius 3 is 2.04 bits per heavy atom. The van der Waals surface area contributed by atoms with Crippen LogP contribution < -0.4 is 0 Å². The Morgan fingerprint density at radius 2 is 1.43 bits per heavy atom. The van der Waals surface area contributed by atoms with Gasteiger partial charge in [-0.15, -0.1) is 0 Å². The number of hydrogen-bond donors (Lipinski definition) is 1. The number of ether oxygens (including phenoxy) is 8. The molecule has 1 N–H and O–H groups in total. The van der Waals surface area contributed by atoms with E-state index in [-0.39, 0.29) is 42.9 Å². The second-order valence-corrected chi connectivity index (χ2v) is 16.5. The van der Waals surface area contributed by atoms with Crippen molar-refractivity contribution in [2.75, 3.05) is 13.2 Å². The monoisotopic (exact) mass is 762 g/mol. The van der Waals surface area contributed by atoms with Gasteiger partial charge in [0.1, 0.15) is 12.7 Å². The van der Waals surface area contributed by atoms with E-state index < -0.39 is 89.2 Å². The highest BCUT2D eigenvalue weighted by Crippen LogP contribution is 2.70. The fourth-order valence-electron chi connectivity index (χ4n) is 11.4. The summed E-state index contributed by atoms with van der Waals surface area (Å²) in [7, 11) is 0. The maximum absolute atomic E-state index is 12.9. The van der Waals surface area contributed by atoms with Crippen molar-refractivity contribution in [1.82, 2.24) is 0 Å². The molecule has 5 fully saturated rings. The van der Waals surface area contributed by atoms with Crippen LogP contribution >= 0.6 is 0 Å². The molecule has 2 aliphatic heterocycles. The van der Waals surface area contributed by atoms with Crippen LogP contribution in [0.15, 0.2) is 11.6 Å². The number of carbonyl (C=O) groups is 6. The van der Waals surface area contributed by atoms with Gasteiger partial charge in [-0.3, -0.25) is 24.0 Å². The average molecular weight is 763 g/mol. The minimum absolute atomic E-state index is 0.0485. The molecule has 14 unspecified atom stereocenters. The molecule has 300 valence electrons. The minimum Gasteiger partial charge on any atom is -0.465 e. The van der Waals surface area contributed by atoms with Crippen LogP contribution in [-0.4, -0.2) is 103 Å². The van der Waals surface area contributed by atoms with Crippen molar-refractivity contribution in [2.45, 2.75) is 148 Å². The summed E-state index contributed by atoms with van der Waals surface area (Å²) in [5, 5.41) is 12.9. The number of fused-ring (bicyclic) bond motifs is 5. The van der Waals surface area contributed by atoms with Crippen LogP contribution in [-0.2, 0) is 66.7 Å². The van der Waals surface area contributed by atoms with E-state index in [0.29, 0.717) is 44.9 Å². The van der Waals surface area contributed by atoms with Gasteiger partial charge in [0.2, 0.25) is 0 Å². The zero-order chi connectivity index (χ0) is 39.3. The number of cyclic esters (lactones) is 1. The van der Waals surface area contributed by atoms with Crippen molar-refractivity contribution in [2.24, 2.45) is 34.5 Å². The normalized spacial score (nSPS) is 42.6. The van der Waals surface area contributed by atoms with E-state index >= 15 is 0 Å². The molecule has 4 aliphatic carbocycles. The lowest BCUT2D eigenvalue weighted by Gasteiger charge is -2.65. The Hall–Kier alpha value is -3.56. The Bertz CT molecular complexity index is 1560. The summed E-state index contributed by atoms with van der Waals surface area (Å²) in [4.78, 5) is 73.8. The molecule has 54 heavy (non-hydrogen) atoms. The molecule has 14 atom stereocenters. The maximum atomic E-state index is 12.9. The van der Waals surface area contributed by atoms with Gasteiger partial charge in [-0.25, -0.2) is 4.79 Å². The first-order valence-corrected chi connectivity index (χ1v) is 19.1. The van der Waals surface area contributed by atoms with E-state index in [1.165, 1.54) is 34.6 Å². The number of rotatable bonds is 9. The zero-order valence-corrected chi connectivity index (χ0v) is 32.2.